The molecule has 0 saturated heterocycles. The Morgan fingerprint density at radius 3 is 2.89 bits per heavy atom. The molecule has 0 bridgehead atoms. The van der Waals surface area contributed by atoms with E-state index in [9.17, 15) is 4.79 Å². The normalized spacial score (nSPS) is 10.6. The summed E-state index contributed by atoms with van der Waals surface area (Å²) >= 11 is 1.14. The maximum atomic E-state index is 11.0. The number of nitrogens with one attached hydrogen (secondary N) is 1. The molecule has 2 rings (SSSR count). The highest BCUT2D eigenvalue weighted by atomic mass is 32.1. The molecule has 2 aromatic heterocycles. The molecular weight excluding hydrogens is 256 g/mol. The van der Waals surface area contributed by atoms with E-state index in [0.717, 1.165) is 11.5 Å². The lowest BCUT2D eigenvalue weighted by Crippen LogP contribution is -2.08. The van der Waals surface area contributed by atoms with Crippen molar-refractivity contribution in [1.29, 1.82) is 0 Å². The minimum atomic E-state index is -0.973. The molecule has 0 fully saturated rings. The quantitative estimate of drug-likeness (QED) is 0.847. The summed E-state index contributed by atoms with van der Waals surface area (Å²) in [6.07, 6.45) is 0.563. The van der Waals surface area contributed by atoms with Crippen LogP contribution in [0, 0.1) is 13.8 Å². The summed E-state index contributed by atoms with van der Waals surface area (Å²) in [5, 5.41) is 16.4. The molecule has 0 aliphatic carbocycles. The number of carboxylic acids is 1. The van der Waals surface area contributed by atoms with Crippen molar-refractivity contribution in [3.05, 3.63) is 23.0 Å². The van der Waals surface area contributed by atoms with Crippen LogP contribution in [-0.4, -0.2) is 32.1 Å². The van der Waals surface area contributed by atoms with Gasteiger partial charge in [-0.15, -0.1) is 0 Å². The number of carboxylic acid groups (broad SMARTS) is 1. The van der Waals surface area contributed by atoms with Crippen molar-refractivity contribution in [3.63, 3.8) is 0 Å². The van der Waals surface area contributed by atoms with E-state index in [1.165, 1.54) is 0 Å². The minimum absolute atomic E-state index is 0.226. The molecule has 7 nitrogen and oxygen atoms in total. The van der Waals surface area contributed by atoms with Gasteiger partial charge in [0.05, 0.1) is 5.69 Å². The molecule has 2 heterocycles. The van der Waals surface area contributed by atoms with Crippen LogP contribution >= 0.6 is 11.5 Å². The summed E-state index contributed by atoms with van der Waals surface area (Å²) in [5.41, 5.74) is 0.745. The van der Waals surface area contributed by atoms with Gasteiger partial charge < -0.3 is 14.9 Å². The molecule has 0 spiro atoms. The van der Waals surface area contributed by atoms with Gasteiger partial charge in [-0.25, -0.2) is 4.79 Å². The van der Waals surface area contributed by atoms with E-state index >= 15 is 0 Å². The molecule has 0 atom stereocenters. The summed E-state index contributed by atoms with van der Waals surface area (Å²) in [6, 6.07) is 0. The second kappa shape index (κ2) is 5.13. The molecule has 0 radical (unpaired) electrons. The Morgan fingerprint density at radius 2 is 2.28 bits per heavy atom. The molecule has 96 valence electrons. The van der Waals surface area contributed by atoms with Crippen molar-refractivity contribution in [2.24, 2.45) is 0 Å². The van der Waals surface area contributed by atoms with Crippen molar-refractivity contribution in [3.8, 4) is 0 Å². The topological polar surface area (TPSA) is 101 Å². The number of anilines is 1. The zero-order chi connectivity index (χ0) is 13.1. The van der Waals surface area contributed by atoms with E-state index in [0.29, 0.717) is 35.4 Å². The first-order valence-corrected chi connectivity index (χ1v) is 6.08. The van der Waals surface area contributed by atoms with Gasteiger partial charge >= 0.3 is 5.97 Å². The van der Waals surface area contributed by atoms with Crippen LogP contribution in [0.3, 0.4) is 0 Å². The zero-order valence-corrected chi connectivity index (χ0v) is 10.7. The molecule has 18 heavy (non-hydrogen) atoms. The number of hydrogen-bond donors (Lipinski definition) is 2. The Morgan fingerprint density at radius 1 is 1.50 bits per heavy atom. The first-order chi connectivity index (χ1) is 8.58. The molecule has 2 aromatic rings. The average molecular weight is 268 g/mol. The molecule has 0 unspecified atom stereocenters. The Kier molecular flexibility index (Phi) is 3.56. The lowest BCUT2D eigenvalue weighted by Gasteiger charge is -2.02. The number of rotatable bonds is 5. The number of aromatic carboxylic acids is 1. The summed E-state index contributed by atoms with van der Waals surface area (Å²) < 4.78 is 8.86. The lowest BCUT2D eigenvalue weighted by molar-refractivity contribution is 0.0697. The van der Waals surface area contributed by atoms with E-state index in [-0.39, 0.29) is 5.56 Å². The summed E-state index contributed by atoms with van der Waals surface area (Å²) in [5.74, 6) is 0.141. The number of hydrogen-bond acceptors (Lipinski definition) is 7. The van der Waals surface area contributed by atoms with Crippen molar-refractivity contribution in [1.82, 2.24) is 14.5 Å². The van der Waals surface area contributed by atoms with Crippen LogP contribution in [0.15, 0.2) is 4.52 Å². The van der Waals surface area contributed by atoms with E-state index < -0.39 is 5.97 Å². The van der Waals surface area contributed by atoms with E-state index in [1.807, 2.05) is 0 Å². The zero-order valence-electron chi connectivity index (χ0n) is 9.93. The number of aryl methyl sites for hydroxylation is 2. The largest absolute Gasteiger partial charge is 0.478 e. The Balaban J connectivity index is 1.96. The van der Waals surface area contributed by atoms with Crippen LogP contribution in [0.1, 0.15) is 27.8 Å². The molecule has 0 amide bonds. The van der Waals surface area contributed by atoms with Crippen molar-refractivity contribution < 1.29 is 14.4 Å². The first-order valence-electron chi connectivity index (χ1n) is 5.30. The molecule has 8 heteroatoms. The van der Waals surface area contributed by atoms with Crippen LogP contribution in [-0.2, 0) is 6.42 Å². The van der Waals surface area contributed by atoms with Crippen molar-refractivity contribution in [2.45, 2.75) is 20.3 Å². The maximum absolute atomic E-state index is 11.0. The fraction of sp³-hybridized carbons (Fsp3) is 0.400. The van der Waals surface area contributed by atoms with Gasteiger partial charge in [0.1, 0.15) is 10.6 Å². The SMILES string of the molecule is Cc1nc(CCNc2snc(C)c2C(=O)O)no1. The molecule has 2 N–H and O–H groups in total. The highest BCUT2D eigenvalue weighted by Gasteiger charge is 2.17. The number of nitrogens with zero attached hydrogens (tertiary/aromatic N) is 3. The predicted octanol–water partition coefficient (Wildman–Crippen LogP) is 1.50. The fourth-order valence-corrected chi connectivity index (χ4v) is 2.29. The standard InChI is InChI=1S/C10H12N4O3S/c1-5-8(10(15)16)9(18-14-5)11-4-3-7-12-6(2)17-13-7/h11H,3-4H2,1-2H3,(H,15,16). The van der Waals surface area contributed by atoms with E-state index in [1.54, 1.807) is 13.8 Å². The van der Waals surface area contributed by atoms with Gasteiger partial charge in [0, 0.05) is 19.9 Å². The van der Waals surface area contributed by atoms with Crippen LogP contribution in [0.2, 0.25) is 0 Å². The first kappa shape index (κ1) is 12.5. The highest BCUT2D eigenvalue weighted by molar-refractivity contribution is 7.10. The average Bonchev–Trinajstić information content (AvgIpc) is 2.86. The summed E-state index contributed by atoms with van der Waals surface area (Å²) in [4.78, 5) is 15.1. The van der Waals surface area contributed by atoms with Gasteiger partial charge in [0.2, 0.25) is 5.89 Å². The minimum Gasteiger partial charge on any atom is -0.478 e. The third-order valence-corrected chi connectivity index (χ3v) is 3.18. The molecule has 0 saturated carbocycles. The third kappa shape index (κ3) is 2.65. The number of carbonyl (C=O) groups is 1. The monoisotopic (exact) mass is 268 g/mol. The van der Waals surface area contributed by atoms with E-state index in [4.69, 9.17) is 9.63 Å². The highest BCUT2D eigenvalue weighted by Crippen LogP contribution is 2.24. The molecule has 0 aliphatic heterocycles. The third-order valence-electron chi connectivity index (χ3n) is 2.28. The fourth-order valence-electron chi connectivity index (χ4n) is 1.47. The van der Waals surface area contributed by atoms with Gasteiger partial charge in [-0.2, -0.15) is 9.36 Å². The second-order valence-electron chi connectivity index (χ2n) is 3.68. The summed E-state index contributed by atoms with van der Waals surface area (Å²) in [7, 11) is 0. The van der Waals surface area contributed by atoms with Crippen LogP contribution in [0.25, 0.3) is 0 Å². The smallest absolute Gasteiger partial charge is 0.340 e. The lowest BCUT2D eigenvalue weighted by atomic mass is 10.2. The van der Waals surface area contributed by atoms with Gasteiger partial charge in [0.25, 0.3) is 0 Å². The van der Waals surface area contributed by atoms with E-state index in [2.05, 4.69) is 19.8 Å². The van der Waals surface area contributed by atoms with Crippen molar-refractivity contribution >= 4 is 22.5 Å². The molecule has 0 aliphatic rings. The molecular formula is C10H12N4O3S. The van der Waals surface area contributed by atoms with Crippen LogP contribution in [0.5, 0.6) is 0 Å². The van der Waals surface area contributed by atoms with Crippen molar-refractivity contribution in [2.75, 3.05) is 11.9 Å². The Hall–Kier alpha value is -1.96. The van der Waals surface area contributed by atoms with Gasteiger partial charge in [-0.1, -0.05) is 5.16 Å². The maximum Gasteiger partial charge on any atom is 0.340 e. The van der Waals surface area contributed by atoms with Gasteiger partial charge in [0.15, 0.2) is 5.82 Å². The Bertz CT molecular complexity index is 563. The molecule has 0 aromatic carbocycles. The summed E-state index contributed by atoms with van der Waals surface area (Å²) in [6.45, 7) is 3.92. The second-order valence-corrected chi connectivity index (χ2v) is 4.46. The van der Waals surface area contributed by atoms with Gasteiger partial charge in [-0.05, 0) is 18.5 Å². The Labute approximate surface area is 107 Å². The van der Waals surface area contributed by atoms with Crippen LogP contribution in [0.4, 0.5) is 5.00 Å². The van der Waals surface area contributed by atoms with Gasteiger partial charge in [-0.3, -0.25) is 0 Å². The number of aromatic nitrogens is 3. The predicted molar refractivity (Wildman–Crippen MR) is 65.0 cm³/mol. The van der Waals surface area contributed by atoms with Crippen LogP contribution < -0.4 is 5.32 Å².